The molecule has 6 heteroatoms. The van der Waals surface area contributed by atoms with Crippen molar-refractivity contribution < 1.29 is 4.43 Å². The molecular weight excluding hydrogens is 268 g/mol. The molecule has 0 radical (unpaired) electrons. The van der Waals surface area contributed by atoms with E-state index in [1.807, 2.05) is 0 Å². The molecule has 1 aromatic heterocycles. The van der Waals surface area contributed by atoms with Crippen LogP contribution < -0.4 is 11.1 Å². The first-order chi connectivity index (χ1) is 9.17. The summed E-state index contributed by atoms with van der Waals surface area (Å²) in [6.07, 6.45) is 3.94. The highest BCUT2D eigenvalue weighted by atomic mass is 28.4. The maximum atomic E-state index is 6.37. The minimum Gasteiger partial charge on any atom is -0.414 e. The molecule has 2 rings (SSSR count). The van der Waals surface area contributed by atoms with E-state index in [4.69, 9.17) is 10.2 Å². The number of anilines is 2. The van der Waals surface area contributed by atoms with Gasteiger partial charge in [-0.1, -0.05) is 20.8 Å². The van der Waals surface area contributed by atoms with E-state index in [-0.39, 0.29) is 5.04 Å². The van der Waals surface area contributed by atoms with Crippen LogP contribution in [-0.2, 0) is 4.43 Å². The first kappa shape index (κ1) is 15.2. The fraction of sp³-hybridized carbons (Fsp3) is 0.714. The van der Waals surface area contributed by atoms with Crippen LogP contribution in [0.5, 0.6) is 0 Å². The average molecular weight is 294 g/mol. The molecule has 1 fully saturated rings. The molecule has 0 atom stereocenters. The van der Waals surface area contributed by atoms with Gasteiger partial charge in [0.25, 0.3) is 0 Å². The third-order valence-corrected chi connectivity index (χ3v) is 8.94. The summed E-state index contributed by atoms with van der Waals surface area (Å²) in [4.78, 5) is 8.05. The van der Waals surface area contributed by atoms with Crippen molar-refractivity contribution in [1.29, 1.82) is 0 Å². The van der Waals surface area contributed by atoms with Gasteiger partial charge >= 0.3 is 0 Å². The van der Waals surface area contributed by atoms with E-state index in [9.17, 15) is 0 Å². The standard InChI is InChI=1S/C14H26N4OSi/c1-14(2,3)20(4,5)19-11-6-10(7-11)18-13-8-12(15)16-9-17-13/h8-11H,6-7H2,1-5H3,(H3,15,16,17,18)/t10-,11-. The van der Waals surface area contributed by atoms with Crippen molar-refractivity contribution in [2.75, 3.05) is 11.1 Å². The van der Waals surface area contributed by atoms with Crippen LogP contribution in [0.25, 0.3) is 0 Å². The maximum Gasteiger partial charge on any atom is 0.192 e. The molecule has 0 bridgehead atoms. The second-order valence-corrected chi connectivity index (χ2v) is 11.9. The second kappa shape index (κ2) is 5.33. The molecule has 0 aromatic carbocycles. The number of nitrogens with zero attached hydrogens (tertiary/aromatic N) is 2. The lowest BCUT2D eigenvalue weighted by atomic mass is 9.89. The summed E-state index contributed by atoms with van der Waals surface area (Å²) in [6.45, 7) is 11.4. The minimum absolute atomic E-state index is 0.270. The molecule has 0 amide bonds. The molecule has 112 valence electrons. The van der Waals surface area contributed by atoms with Gasteiger partial charge in [-0.3, -0.25) is 0 Å². The normalized spacial score (nSPS) is 23.2. The monoisotopic (exact) mass is 294 g/mol. The summed E-state index contributed by atoms with van der Waals surface area (Å²) in [6, 6.07) is 2.20. The first-order valence-electron chi connectivity index (χ1n) is 7.19. The Morgan fingerprint density at radius 1 is 1.30 bits per heavy atom. The van der Waals surface area contributed by atoms with Crippen LogP contribution in [0.3, 0.4) is 0 Å². The lowest BCUT2D eigenvalue weighted by molar-refractivity contribution is 0.0928. The number of aromatic nitrogens is 2. The van der Waals surface area contributed by atoms with E-state index in [2.05, 4.69) is 49.1 Å². The Morgan fingerprint density at radius 3 is 2.50 bits per heavy atom. The Balaban J connectivity index is 1.81. The lowest BCUT2D eigenvalue weighted by Crippen LogP contribution is -2.50. The van der Waals surface area contributed by atoms with Crippen molar-refractivity contribution >= 4 is 20.0 Å². The molecule has 1 aliphatic rings. The number of rotatable bonds is 4. The van der Waals surface area contributed by atoms with Gasteiger partial charge in [0.2, 0.25) is 0 Å². The quantitative estimate of drug-likeness (QED) is 0.835. The molecule has 5 nitrogen and oxygen atoms in total. The van der Waals surface area contributed by atoms with Crippen molar-refractivity contribution in [1.82, 2.24) is 9.97 Å². The van der Waals surface area contributed by atoms with Crippen LogP contribution in [0.4, 0.5) is 11.6 Å². The van der Waals surface area contributed by atoms with E-state index in [1.165, 1.54) is 6.33 Å². The van der Waals surface area contributed by atoms with Gasteiger partial charge in [0, 0.05) is 18.2 Å². The molecule has 3 N–H and O–H groups in total. The highest BCUT2D eigenvalue weighted by molar-refractivity contribution is 6.74. The zero-order valence-electron chi connectivity index (χ0n) is 13.1. The Bertz CT molecular complexity index is 466. The zero-order chi connectivity index (χ0) is 15.0. The lowest BCUT2D eigenvalue weighted by Gasteiger charge is -2.45. The van der Waals surface area contributed by atoms with E-state index in [0.717, 1.165) is 18.7 Å². The largest absolute Gasteiger partial charge is 0.414 e. The van der Waals surface area contributed by atoms with Crippen LogP contribution in [0.15, 0.2) is 12.4 Å². The van der Waals surface area contributed by atoms with Gasteiger partial charge < -0.3 is 15.5 Å². The van der Waals surface area contributed by atoms with Crippen molar-refractivity contribution in [2.24, 2.45) is 0 Å². The molecule has 0 spiro atoms. The van der Waals surface area contributed by atoms with E-state index < -0.39 is 8.32 Å². The predicted octanol–water partition coefficient (Wildman–Crippen LogP) is 3.02. The third kappa shape index (κ3) is 3.49. The molecule has 1 saturated carbocycles. The van der Waals surface area contributed by atoms with Crippen molar-refractivity contribution in [2.45, 2.75) is 63.9 Å². The number of nitrogens with two attached hydrogens (primary N) is 1. The summed E-state index contributed by atoms with van der Waals surface area (Å²) in [5, 5.41) is 3.65. The van der Waals surface area contributed by atoms with Gasteiger partial charge in [-0.05, 0) is 31.0 Å². The van der Waals surface area contributed by atoms with Gasteiger partial charge in [0.15, 0.2) is 8.32 Å². The number of nitrogens with one attached hydrogen (secondary N) is 1. The van der Waals surface area contributed by atoms with Gasteiger partial charge in [0.1, 0.15) is 18.0 Å². The molecule has 0 unspecified atom stereocenters. The van der Waals surface area contributed by atoms with Gasteiger partial charge in [-0.2, -0.15) is 0 Å². The Morgan fingerprint density at radius 2 is 1.95 bits per heavy atom. The molecule has 1 heterocycles. The van der Waals surface area contributed by atoms with E-state index in [1.54, 1.807) is 6.07 Å². The smallest absolute Gasteiger partial charge is 0.192 e. The van der Waals surface area contributed by atoms with Crippen LogP contribution in [0, 0.1) is 0 Å². The molecule has 20 heavy (non-hydrogen) atoms. The number of nitrogen functional groups attached to an aromatic ring is 1. The summed E-state index contributed by atoms with van der Waals surface area (Å²) in [7, 11) is -1.64. The summed E-state index contributed by atoms with van der Waals surface area (Å²) in [5.41, 5.74) is 5.64. The topological polar surface area (TPSA) is 73.1 Å². The summed E-state index contributed by atoms with van der Waals surface area (Å²) >= 11 is 0. The van der Waals surface area contributed by atoms with E-state index in [0.29, 0.717) is 18.0 Å². The highest BCUT2D eigenvalue weighted by Crippen LogP contribution is 2.40. The molecule has 1 aliphatic carbocycles. The zero-order valence-corrected chi connectivity index (χ0v) is 14.1. The maximum absolute atomic E-state index is 6.37. The van der Waals surface area contributed by atoms with Gasteiger partial charge in [-0.25, -0.2) is 9.97 Å². The first-order valence-corrected chi connectivity index (χ1v) is 10.1. The van der Waals surface area contributed by atoms with Crippen LogP contribution in [-0.4, -0.2) is 30.4 Å². The van der Waals surface area contributed by atoms with Gasteiger partial charge in [-0.15, -0.1) is 0 Å². The summed E-state index contributed by atoms with van der Waals surface area (Å²) < 4.78 is 6.37. The van der Waals surface area contributed by atoms with Crippen LogP contribution >= 0.6 is 0 Å². The number of hydrogen-bond donors (Lipinski definition) is 2. The SMILES string of the molecule is CC(C)(C)[Si](C)(C)O[C@H]1C[C@H](Nc2cc(N)ncn2)C1. The molecule has 0 saturated heterocycles. The van der Waals surface area contributed by atoms with Gasteiger partial charge in [0.05, 0.1) is 0 Å². The Hall–Kier alpha value is -1.14. The van der Waals surface area contributed by atoms with Crippen LogP contribution in [0.1, 0.15) is 33.6 Å². The second-order valence-electron chi connectivity index (χ2n) is 7.14. The van der Waals surface area contributed by atoms with Crippen molar-refractivity contribution in [3.8, 4) is 0 Å². The van der Waals surface area contributed by atoms with Crippen molar-refractivity contribution in [3.63, 3.8) is 0 Å². The fourth-order valence-corrected chi connectivity index (χ4v) is 3.41. The average Bonchev–Trinajstić information content (AvgIpc) is 2.24. The van der Waals surface area contributed by atoms with E-state index >= 15 is 0 Å². The Labute approximate surface area is 122 Å². The highest BCUT2D eigenvalue weighted by Gasteiger charge is 2.42. The fourth-order valence-electron chi connectivity index (χ4n) is 2.03. The molecular formula is C14H26N4OSi. The van der Waals surface area contributed by atoms with Crippen molar-refractivity contribution in [3.05, 3.63) is 12.4 Å². The Kier molecular flexibility index (Phi) is 4.06. The van der Waals surface area contributed by atoms with Crippen LogP contribution in [0.2, 0.25) is 18.1 Å². The number of hydrogen-bond acceptors (Lipinski definition) is 5. The minimum atomic E-state index is -1.64. The molecule has 1 aromatic rings. The third-order valence-electron chi connectivity index (χ3n) is 4.40. The molecule has 0 aliphatic heterocycles. The summed E-state index contributed by atoms with van der Waals surface area (Å²) in [5.74, 6) is 1.30. The predicted molar refractivity (Wildman–Crippen MR) is 85.2 cm³/mol.